The lowest BCUT2D eigenvalue weighted by atomic mass is 10.0. The van der Waals surface area contributed by atoms with Crippen molar-refractivity contribution in [2.75, 3.05) is 51.4 Å². The third-order valence-corrected chi connectivity index (χ3v) is 6.74. The van der Waals surface area contributed by atoms with E-state index >= 15 is 0 Å². The van der Waals surface area contributed by atoms with Crippen LogP contribution in [0.15, 0.2) is 30.7 Å². The molecule has 0 saturated carbocycles. The maximum absolute atomic E-state index is 12.9. The van der Waals surface area contributed by atoms with Crippen molar-refractivity contribution >= 4 is 33.7 Å². The molecule has 5 rings (SSSR count). The molecule has 2 aliphatic rings. The molecule has 5 heterocycles. The van der Waals surface area contributed by atoms with Crippen LogP contribution in [0.1, 0.15) is 25.7 Å². The minimum Gasteiger partial charge on any atom is -0.382 e. The molecule has 33 heavy (non-hydrogen) atoms. The number of rotatable bonds is 6. The number of pyridine rings is 2. The first-order chi connectivity index (χ1) is 16.2. The zero-order valence-corrected chi connectivity index (χ0v) is 19.1. The highest BCUT2D eigenvalue weighted by atomic mass is 16.5. The molecule has 1 unspecified atom stereocenters. The zero-order chi connectivity index (χ0) is 22.6. The number of amides is 2. The number of urea groups is 1. The highest BCUT2D eigenvalue weighted by Gasteiger charge is 2.28. The summed E-state index contributed by atoms with van der Waals surface area (Å²) in [6, 6.07) is 4.37. The molecule has 2 N–H and O–H groups in total. The van der Waals surface area contributed by atoms with E-state index in [0.717, 1.165) is 67.3 Å². The van der Waals surface area contributed by atoms with Gasteiger partial charge in [-0.15, -0.1) is 0 Å². The van der Waals surface area contributed by atoms with Crippen LogP contribution in [0.2, 0.25) is 0 Å². The Morgan fingerprint density at radius 3 is 2.91 bits per heavy atom. The summed E-state index contributed by atoms with van der Waals surface area (Å²) in [7, 11) is 1.67. The fourth-order valence-electron chi connectivity index (χ4n) is 4.99. The molecule has 0 radical (unpaired) electrons. The van der Waals surface area contributed by atoms with Crippen molar-refractivity contribution in [2.45, 2.75) is 37.8 Å². The van der Waals surface area contributed by atoms with E-state index in [-0.39, 0.29) is 18.2 Å². The number of methoxy groups -OCH3 is 1. The van der Waals surface area contributed by atoms with Crippen LogP contribution in [0.3, 0.4) is 0 Å². The summed E-state index contributed by atoms with van der Waals surface area (Å²) in [6.45, 7) is 4.38. The third kappa shape index (κ3) is 4.74. The summed E-state index contributed by atoms with van der Waals surface area (Å²) in [5.41, 5.74) is 2.97. The van der Waals surface area contributed by atoms with Gasteiger partial charge in [-0.2, -0.15) is 0 Å². The average Bonchev–Trinajstić information content (AvgIpc) is 3.34. The Kier molecular flexibility index (Phi) is 6.59. The van der Waals surface area contributed by atoms with Crippen molar-refractivity contribution in [1.29, 1.82) is 0 Å². The highest BCUT2D eigenvalue weighted by molar-refractivity contribution is 6.09. The lowest BCUT2D eigenvalue weighted by molar-refractivity contribution is -0.0131. The van der Waals surface area contributed by atoms with E-state index in [1.54, 1.807) is 7.11 Å². The lowest BCUT2D eigenvalue weighted by Gasteiger charge is -2.37. The number of aromatic amines is 1. The number of fused-ring (bicyclic) bond motifs is 3. The van der Waals surface area contributed by atoms with Gasteiger partial charge in [-0.25, -0.2) is 9.78 Å². The van der Waals surface area contributed by atoms with E-state index in [2.05, 4.69) is 37.3 Å². The van der Waals surface area contributed by atoms with Gasteiger partial charge in [0.05, 0.1) is 31.0 Å². The van der Waals surface area contributed by atoms with E-state index in [1.807, 2.05) is 23.5 Å². The van der Waals surface area contributed by atoms with Gasteiger partial charge in [0.2, 0.25) is 0 Å². The Morgan fingerprint density at radius 2 is 2.06 bits per heavy atom. The van der Waals surface area contributed by atoms with Gasteiger partial charge in [-0.05, 0) is 37.8 Å². The number of anilines is 1. The van der Waals surface area contributed by atoms with Crippen molar-refractivity contribution in [3.8, 4) is 0 Å². The molecule has 2 saturated heterocycles. The van der Waals surface area contributed by atoms with E-state index in [4.69, 9.17) is 9.47 Å². The Labute approximate surface area is 193 Å². The average molecular weight is 453 g/mol. The number of piperidine rings is 2. The van der Waals surface area contributed by atoms with Gasteiger partial charge in [0.1, 0.15) is 5.65 Å². The number of H-pyrrole nitrogens is 1. The number of hydrogen-bond acceptors (Lipinski definition) is 6. The molecule has 0 aromatic carbocycles. The second-order valence-electron chi connectivity index (χ2n) is 8.87. The molecule has 0 aliphatic carbocycles. The molecular formula is C24H32N6O3. The van der Waals surface area contributed by atoms with Gasteiger partial charge >= 0.3 is 6.03 Å². The summed E-state index contributed by atoms with van der Waals surface area (Å²) >= 11 is 0. The predicted molar refractivity (Wildman–Crippen MR) is 128 cm³/mol. The Bertz CT molecular complexity index is 1090. The molecule has 1 atom stereocenters. The van der Waals surface area contributed by atoms with Crippen LogP contribution in [0.25, 0.3) is 21.9 Å². The number of nitrogens with one attached hydrogen (secondary N) is 2. The fraction of sp³-hybridized carbons (Fsp3) is 0.542. The van der Waals surface area contributed by atoms with Crippen LogP contribution in [0.5, 0.6) is 0 Å². The van der Waals surface area contributed by atoms with Crippen molar-refractivity contribution in [3.05, 3.63) is 30.7 Å². The van der Waals surface area contributed by atoms with E-state index in [1.165, 1.54) is 5.69 Å². The number of likely N-dealkylation sites (tertiary alicyclic amines) is 1. The fourth-order valence-corrected chi connectivity index (χ4v) is 4.99. The van der Waals surface area contributed by atoms with E-state index < -0.39 is 0 Å². The number of hydrogen-bond donors (Lipinski definition) is 2. The maximum atomic E-state index is 12.9. The van der Waals surface area contributed by atoms with Crippen molar-refractivity contribution < 1.29 is 14.3 Å². The van der Waals surface area contributed by atoms with Crippen LogP contribution in [-0.2, 0) is 9.47 Å². The summed E-state index contributed by atoms with van der Waals surface area (Å²) in [4.78, 5) is 29.4. The number of carbonyl (C=O) groups excluding carboxylic acids is 1. The molecule has 9 heteroatoms. The second kappa shape index (κ2) is 9.93. The third-order valence-electron chi connectivity index (χ3n) is 6.74. The monoisotopic (exact) mass is 452 g/mol. The lowest BCUT2D eigenvalue weighted by Crippen LogP contribution is -2.52. The number of ether oxygens (including phenoxy) is 2. The van der Waals surface area contributed by atoms with Crippen LogP contribution in [0.4, 0.5) is 10.5 Å². The SMILES string of the molecule is COCCOC1CCCN(C(=O)NC2CCN(c3ccnc4cnc5[nH]ccc5c34)CC2)C1. The zero-order valence-electron chi connectivity index (χ0n) is 19.1. The second-order valence-corrected chi connectivity index (χ2v) is 8.87. The minimum absolute atomic E-state index is 0.0305. The summed E-state index contributed by atoms with van der Waals surface area (Å²) in [6.07, 6.45) is 9.50. The quantitative estimate of drug-likeness (QED) is 0.559. The number of nitrogens with zero attached hydrogens (tertiary/aromatic N) is 4. The Balaban J connectivity index is 1.19. The summed E-state index contributed by atoms with van der Waals surface area (Å²) < 4.78 is 10.9. The minimum atomic E-state index is 0.0305. The van der Waals surface area contributed by atoms with E-state index in [0.29, 0.717) is 19.8 Å². The van der Waals surface area contributed by atoms with Gasteiger partial charge in [0.25, 0.3) is 0 Å². The maximum Gasteiger partial charge on any atom is 0.317 e. The molecule has 2 amide bonds. The number of aromatic nitrogens is 3. The number of carbonyl (C=O) groups is 1. The van der Waals surface area contributed by atoms with Crippen molar-refractivity contribution in [2.24, 2.45) is 0 Å². The topological polar surface area (TPSA) is 95.6 Å². The summed E-state index contributed by atoms with van der Waals surface area (Å²) in [5, 5.41) is 5.50. The predicted octanol–water partition coefficient (Wildman–Crippen LogP) is 2.92. The van der Waals surface area contributed by atoms with Crippen molar-refractivity contribution in [1.82, 2.24) is 25.2 Å². The molecule has 2 aliphatic heterocycles. The Morgan fingerprint density at radius 1 is 1.18 bits per heavy atom. The first kappa shape index (κ1) is 21.9. The molecule has 3 aromatic rings. The van der Waals surface area contributed by atoms with Crippen molar-refractivity contribution in [3.63, 3.8) is 0 Å². The van der Waals surface area contributed by atoms with Gasteiger partial charge in [-0.3, -0.25) is 4.98 Å². The first-order valence-electron chi connectivity index (χ1n) is 11.8. The van der Waals surface area contributed by atoms with E-state index in [9.17, 15) is 4.79 Å². The highest BCUT2D eigenvalue weighted by Crippen LogP contribution is 2.32. The van der Waals surface area contributed by atoms with Gasteiger partial charge in [-0.1, -0.05) is 0 Å². The van der Waals surface area contributed by atoms with Crippen LogP contribution < -0.4 is 10.2 Å². The van der Waals surface area contributed by atoms with Crippen LogP contribution >= 0.6 is 0 Å². The molecule has 176 valence electrons. The summed E-state index contributed by atoms with van der Waals surface area (Å²) in [5.74, 6) is 0. The van der Waals surface area contributed by atoms with Crippen LogP contribution in [-0.4, -0.2) is 84.5 Å². The molecule has 2 fully saturated rings. The smallest absolute Gasteiger partial charge is 0.317 e. The molecule has 0 spiro atoms. The normalized spacial score (nSPS) is 20.0. The van der Waals surface area contributed by atoms with Gasteiger partial charge in [0.15, 0.2) is 0 Å². The Hall–Kier alpha value is -2.91. The van der Waals surface area contributed by atoms with Gasteiger partial charge in [0, 0.05) is 68.2 Å². The molecule has 3 aromatic heterocycles. The largest absolute Gasteiger partial charge is 0.382 e. The first-order valence-corrected chi connectivity index (χ1v) is 11.8. The molecular weight excluding hydrogens is 420 g/mol. The standard InChI is InChI=1S/C24H32N6O3/c1-32-13-14-33-18-3-2-10-30(16-18)24(31)28-17-6-11-29(12-7-17)21-5-9-25-20-15-27-23-19(22(20)21)4-8-26-23/h4-5,8-9,15,17-18H,2-3,6-7,10-14,16H2,1H3,(H,26,27)(H,28,31). The molecule has 0 bridgehead atoms. The van der Waals surface area contributed by atoms with Gasteiger partial charge < -0.3 is 29.6 Å². The molecule has 9 nitrogen and oxygen atoms in total. The van der Waals surface area contributed by atoms with Crippen LogP contribution in [0, 0.1) is 0 Å².